The van der Waals surface area contributed by atoms with Crippen LogP contribution < -0.4 is 5.32 Å². The summed E-state index contributed by atoms with van der Waals surface area (Å²) in [5, 5.41) is 10.0. The molecule has 0 saturated carbocycles. The number of amides is 1. The smallest absolute Gasteiger partial charge is 0.246 e. The summed E-state index contributed by atoms with van der Waals surface area (Å²) in [4.78, 5) is 23.7. The molecule has 1 aliphatic heterocycles. The fourth-order valence-corrected chi connectivity index (χ4v) is 3.29. The minimum atomic E-state index is -0.409. The lowest BCUT2D eigenvalue weighted by atomic mass is 10.1. The van der Waals surface area contributed by atoms with Crippen molar-refractivity contribution in [2.24, 2.45) is 0 Å². The highest BCUT2D eigenvalue weighted by molar-refractivity contribution is 5.95. The van der Waals surface area contributed by atoms with Crippen LogP contribution in [0.1, 0.15) is 17.4 Å². The number of pyridine rings is 1. The van der Waals surface area contributed by atoms with Gasteiger partial charge in [-0.3, -0.25) is 19.8 Å². The molecule has 1 aromatic carbocycles. The van der Waals surface area contributed by atoms with E-state index in [9.17, 15) is 4.79 Å². The topological polar surface area (TPSA) is 96.0 Å². The Morgan fingerprint density at radius 3 is 2.64 bits per heavy atom. The molecule has 0 radical (unpaired) electrons. The van der Waals surface area contributed by atoms with Crippen molar-refractivity contribution in [3.63, 3.8) is 0 Å². The number of rotatable bonds is 5. The van der Waals surface area contributed by atoms with E-state index in [0.717, 1.165) is 22.6 Å². The highest BCUT2D eigenvalue weighted by Gasteiger charge is 2.29. The zero-order chi connectivity index (χ0) is 19.3. The Labute approximate surface area is 163 Å². The Bertz CT molecular complexity index is 919. The van der Waals surface area contributed by atoms with Crippen molar-refractivity contribution in [2.45, 2.75) is 13.0 Å². The van der Waals surface area contributed by atoms with Crippen LogP contribution in [0, 0.1) is 6.92 Å². The van der Waals surface area contributed by atoms with Crippen LogP contribution in [0.2, 0.25) is 0 Å². The summed E-state index contributed by atoms with van der Waals surface area (Å²) in [6.07, 6.45) is 3.45. The zero-order valence-electron chi connectivity index (χ0n) is 15.6. The van der Waals surface area contributed by atoms with Gasteiger partial charge < -0.3 is 10.1 Å². The number of H-pyrrole nitrogens is 1. The number of hydrogen-bond acceptors (Lipinski definition) is 6. The first-order chi connectivity index (χ1) is 13.7. The lowest BCUT2D eigenvalue weighted by Crippen LogP contribution is -2.43. The van der Waals surface area contributed by atoms with Crippen molar-refractivity contribution >= 4 is 11.6 Å². The molecular weight excluding hydrogens is 356 g/mol. The van der Waals surface area contributed by atoms with Gasteiger partial charge in [0, 0.05) is 36.7 Å². The minimum Gasteiger partial charge on any atom is -0.379 e. The molecule has 3 aromatic rings. The van der Waals surface area contributed by atoms with Gasteiger partial charge in [-0.1, -0.05) is 6.07 Å². The molecule has 0 bridgehead atoms. The molecule has 28 heavy (non-hydrogen) atoms. The Kier molecular flexibility index (Phi) is 5.41. The number of hydrogen-bond donors (Lipinski definition) is 2. The average molecular weight is 378 g/mol. The number of nitrogens with one attached hydrogen (secondary N) is 2. The third-order valence-electron chi connectivity index (χ3n) is 4.67. The molecule has 3 heterocycles. The van der Waals surface area contributed by atoms with E-state index in [2.05, 4.69) is 30.4 Å². The second-order valence-corrected chi connectivity index (χ2v) is 6.65. The molecule has 1 saturated heterocycles. The van der Waals surface area contributed by atoms with Crippen LogP contribution in [0.5, 0.6) is 0 Å². The number of carbonyl (C=O) groups excluding carboxylic acids is 1. The van der Waals surface area contributed by atoms with Gasteiger partial charge in [-0.15, -0.1) is 0 Å². The summed E-state index contributed by atoms with van der Waals surface area (Å²) in [6, 6.07) is 10.9. The lowest BCUT2D eigenvalue weighted by Gasteiger charge is -2.33. The molecule has 1 aliphatic rings. The first-order valence-electron chi connectivity index (χ1n) is 9.23. The standard InChI is InChI=1S/C20H22N6O2/c1-14-22-19(25-24-14)15-4-6-17(7-5-15)23-20(27)18(16-3-2-8-21-13-16)26-9-11-28-12-10-26/h2-8,13,18H,9-12H2,1H3,(H,23,27)(H,22,24,25). The molecule has 144 valence electrons. The van der Waals surface area contributed by atoms with Crippen molar-refractivity contribution in [3.05, 3.63) is 60.2 Å². The first kappa shape index (κ1) is 18.3. The van der Waals surface area contributed by atoms with E-state index in [-0.39, 0.29) is 5.91 Å². The van der Waals surface area contributed by atoms with Crippen LogP contribution in [0.4, 0.5) is 5.69 Å². The second-order valence-electron chi connectivity index (χ2n) is 6.65. The maximum absolute atomic E-state index is 13.1. The number of aromatic nitrogens is 4. The van der Waals surface area contributed by atoms with Gasteiger partial charge >= 0.3 is 0 Å². The highest BCUT2D eigenvalue weighted by Crippen LogP contribution is 2.24. The Morgan fingerprint density at radius 2 is 2.00 bits per heavy atom. The van der Waals surface area contributed by atoms with Crippen molar-refractivity contribution in [2.75, 3.05) is 31.6 Å². The fraction of sp³-hybridized carbons (Fsp3) is 0.300. The van der Waals surface area contributed by atoms with Gasteiger partial charge in [0.2, 0.25) is 5.91 Å². The number of benzene rings is 1. The van der Waals surface area contributed by atoms with Crippen molar-refractivity contribution in [3.8, 4) is 11.4 Å². The van der Waals surface area contributed by atoms with Crippen molar-refractivity contribution in [1.82, 2.24) is 25.1 Å². The minimum absolute atomic E-state index is 0.0867. The average Bonchev–Trinajstić information content (AvgIpc) is 3.17. The maximum atomic E-state index is 13.1. The van der Waals surface area contributed by atoms with Gasteiger partial charge in [0.25, 0.3) is 0 Å². The molecular formula is C20H22N6O2. The molecule has 0 aliphatic carbocycles. The monoisotopic (exact) mass is 378 g/mol. The quantitative estimate of drug-likeness (QED) is 0.707. The number of nitrogens with zero attached hydrogens (tertiary/aromatic N) is 4. The molecule has 2 N–H and O–H groups in total. The predicted molar refractivity (Wildman–Crippen MR) is 105 cm³/mol. The Morgan fingerprint density at radius 1 is 1.21 bits per heavy atom. The molecule has 8 heteroatoms. The van der Waals surface area contributed by atoms with E-state index in [1.54, 1.807) is 12.4 Å². The molecule has 1 fully saturated rings. The van der Waals surface area contributed by atoms with Gasteiger partial charge in [-0.25, -0.2) is 4.98 Å². The van der Waals surface area contributed by atoms with E-state index in [0.29, 0.717) is 32.1 Å². The Balaban J connectivity index is 1.52. The normalized spacial score (nSPS) is 15.9. The van der Waals surface area contributed by atoms with Crippen LogP contribution in [0.15, 0.2) is 48.8 Å². The summed E-state index contributed by atoms with van der Waals surface area (Å²) in [5.41, 5.74) is 2.48. The lowest BCUT2D eigenvalue weighted by molar-refractivity contribution is -0.123. The number of aryl methyl sites for hydroxylation is 1. The predicted octanol–water partition coefficient (Wildman–Crippen LogP) is 2.19. The van der Waals surface area contributed by atoms with E-state index in [4.69, 9.17) is 4.74 Å². The number of aromatic amines is 1. The molecule has 4 rings (SSSR count). The van der Waals surface area contributed by atoms with E-state index < -0.39 is 6.04 Å². The van der Waals surface area contributed by atoms with E-state index in [1.165, 1.54) is 0 Å². The van der Waals surface area contributed by atoms with Crippen LogP contribution >= 0.6 is 0 Å². The van der Waals surface area contributed by atoms with Gasteiger partial charge in [0.1, 0.15) is 11.9 Å². The number of ether oxygens (including phenoxy) is 1. The third-order valence-corrected chi connectivity index (χ3v) is 4.67. The summed E-state index contributed by atoms with van der Waals surface area (Å²) in [5.74, 6) is 1.31. The third kappa shape index (κ3) is 4.08. The van der Waals surface area contributed by atoms with Crippen LogP contribution in [-0.2, 0) is 9.53 Å². The second kappa shape index (κ2) is 8.28. The maximum Gasteiger partial charge on any atom is 0.246 e. The number of anilines is 1. The van der Waals surface area contributed by atoms with E-state index >= 15 is 0 Å². The summed E-state index contributed by atoms with van der Waals surface area (Å²) in [7, 11) is 0. The molecule has 1 amide bonds. The van der Waals surface area contributed by atoms with Crippen LogP contribution in [0.25, 0.3) is 11.4 Å². The SMILES string of the molecule is Cc1nc(-c2ccc(NC(=O)C(c3cccnc3)N3CCOCC3)cc2)n[nH]1. The summed E-state index contributed by atoms with van der Waals surface area (Å²) < 4.78 is 5.44. The van der Waals surface area contributed by atoms with Gasteiger partial charge in [0.15, 0.2) is 5.82 Å². The van der Waals surface area contributed by atoms with Crippen LogP contribution in [-0.4, -0.2) is 57.3 Å². The molecule has 0 spiro atoms. The molecule has 2 aromatic heterocycles. The zero-order valence-corrected chi connectivity index (χ0v) is 15.6. The summed E-state index contributed by atoms with van der Waals surface area (Å²) in [6.45, 7) is 4.51. The van der Waals surface area contributed by atoms with Crippen LogP contribution in [0.3, 0.4) is 0 Å². The first-order valence-corrected chi connectivity index (χ1v) is 9.23. The van der Waals surface area contributed by atoms with Gasteiger partial charge in [-0.05, 0) is 42.8 Å². The van der Waals surface area contributed by atoms with Gasteiger partial charge in [-0.2, -0.15) is 5.10 Å². The fourth-order valence-electron chi connectivity index (χ4n) is 3.29. The Hall–Kier alpha value is -3.10. The molecule has 8 nitrogen and oxygen atoms in total. The van der Waals surface area contributed by atoms with Crippen molar-refractivity contribution in [1.29, 1.82) is 0 Å². The summed E-state index contributed by atoms with van der Waals surface area (Å²) >= 11 is 0. The number of morpholine rings is 1. The molecule has 1 atom stereocenters. The number of carbonyl (C=O) groups is 1. The highest BCUT2D eigenvalue weighted by atomic mass is 16.5. The largest absolute Gasteiger partial charge is 0.379 e. The molecule has 1 unspecified atom stereocenters. The van der Waals surface area contributed by atoms with E-state index in [1.807, 2.05) is 43.3 Å². The van der Waals surface area contributed by atoms with Crippen molar-refractivity contribution < 1.29 is 9.53 Å². The van der Waals surface area contributed by atoms with Gasteiger partial charge in [0.05, 0.1) is 13.2 Å².